The van der Waals surface area contributed by atoms with E-state index in [9.17, 15) is 0 Å². The van der Waals surface area contributed by atoms with Crippen LogP contribution in [0, 0.1) is 0 Å². The standard InChI is InChI=1S/C52H33N3S/c1-5-17-34(18-6-1)41-32-42-39-25-13-15-27-45(39)52(37-21-9-3-10-22-37,38-23-11-4-12-24-38)46(42)33-44(41)51-54-49(35-19-7-2-8-20-35)53-50(55-51)36-29-30-48-43(31-36)40-26-14-16-28-47(40)56-48/h1-33H. The number of aromatic nitrogens is 3. The van der Waals surface area contributed by atoms with E-state index in [0.29, 0.717) is 17.5 Å². The predicted octanol–water partition coefficient (Wildman–Crippen LogP) is 13.3. The van der Waals surface area contributed by atoms with Crippen LogP contribution in [0.1, 0.15) is 22.3 Å². The molecule has 0 spiro atoms. The number of thiophene rings is 1. The van der Waals surface area contributed by atoms with Crippen LogP contribution in [0.25, 0.3) is 76.6 Å². The minimum Gasteiger partial charge on any atom is -0.208 e. The van der Waals surface area contributed by atoms with Crippen LogP contribution in [-0.4, -0.2) is 15.0 Å². The van der Waals surface area contributed by atoms with Crippen LogP contribution in [0.15, 0.2) is 200 Å². The third-order valence-corrected chi connectivity index (χ3v) is 12.4. The average molecular weight is 732 g/mol. The molecule has 0 N–H and O–H groups in total. The van der Waals surface area contributed by atoms with Crippen LogP contribution < -0.4 is 0 Å². The Bertz CT molecular complexity index is 3030. The first kappa shape index (κ1) is 32.4. The number of hydrogen-bond donors (Lipinski definition) is 0. The molecule has 3 nitrogen and oxygen atoms in total. The summed E-state index contributed by atoms with van der Waals surface area (Å²) in [6, 6.07) is 71.6. The van der Waals surface area contributed by atoms with Gasteiger partial charge in [-0.2, -0.15) is 0 Å². The van der Waals surface area contributed by atoms with E-state index in [1.54, 1.807) is 0 Å². The van der Waals surface area contributed by atoms with Gasteiger partial charge in [0.2, 0.25) is 0 Å². The lowest BCUT2D eigenvalue weighted by atomic mass is 9.67. The summed E-state index contributed by atoms with van der Waals surface area (Å²) in [7, 11) is 0. The summed E-state index contributed by atoms with van der Waals surface area (Å²) in [4.78, 5) is 15.9. The summed E-state index contributed by atoms with van der Waals surface area (Å²) >= 11 is 1.81. The molecule has 11 rings (SSSR count). The molecule has 0 atom stereocenters. The summed E-state index contributed by atoms with van der Waals surface area (Å²) in [5.41, 5.74) is 11.8. The first-order valence-electron chi connectivity index (χ1n) is 18.9. The topological polar surface area (TPSA) is 38.7 Å². The second-order valence-corrected chi connectivity index (χ2v) is 15.4. The van der Waals surface area contributed by atoms with E-state index in [2.05, 4.69) is 182 Å². The molecule has 0 radical (unpaired) electrons. The van der Waals surface area contributed by atoms with Crippen LogP contribution in [0.5, 0.6) is 0 Å². The first-order chi connectivity index (χ1) is 27.8. The zero-order valence-electron chi connectivity index (χ0n) is 30.3. The molecule has 0 bridgehead atoms. The Hall–Kier alpha value is -7.01. The number of fused-ring (bicyclic) bond motifs is 6. The van der Waals surface area contributed by atoms with Crippen molar-refractivity contribution >= 4 is 31.5 Å². The van der Waals surface area contributed by atoms with Crippen molar-refractivity contribution in [3.05, 3.63) is 222 Å². The highest BCUT2D eigenvalue weighted by atomic mass is 32.1. The lowest BCUT2D eigenvalue weighted by Crippen LogP contribution is -2.28. The molecule has 0 amide bonds. The largest absolute Gasteiger partial charge is 0.208 e. The maximum atomic E-state index is 5.41. The maximum Gasteiger partial charge on any atom is 0.164 e. The monoisotopic (exact) mass is 731 g/mol. The highest BCUT2D eigenvalue weighted by Gasteiger charge is 2.46. The summed E-state index contributed by atoms with van der Waals surface area (Å²) in [5.74, 6) is 1.92. The Balaban J connectivity index is 1.23. The Morgan fingerprint density at radius 1 is 0.321 bits per heavy atom. The van der Waals surface area contributed by atoms with Gasteiger partial charge in [-0.05, 0) is 80.9 Å². The van der Waals surface area contributed by atoms with Crippen LogP contribution in [0.4, 0.5) is 0 Å². The van der Waals surface area contributed by atoms with Gasteiger partial charge in [0.1, 0.15) is 0 Å². The second-order valence-electron chi connectivity index (χ2n) is 14.3. The van der Waals surface area contributed by atoms with Crippen molar-refractivity contribution in [2.75, 3.05) is 0 Å². The smallest absolute Gasteiger partial charge is 0.164 e. The molecule has 0 saturated heterocycles. The van der Waals surface area contributed by atoms with Gasteiger partial charge in [-0.25, -0.2) is 15.0 Å². The van der Waals surface area contributed by atoms with Crippen LogP contribution in [-0.2, 0) is 5.41 Å². The van der Waals surface area contributed by atoms with E-state index in [4.69, 9.17) is 15.0 Å². The fourth-order valence-electron chi connectivity index (χ4n) is 8.74. The summed E-state index contributed by atoms with van der Waals surface area (Å²) in [5, 5.41) is 2.46. The minimum absolute atomic E-state index is 0.568. The molecule has 56 heavy (non-hydrogen) atoms. The third kappa shape index (κ3) is 5.07. The maximum absolute atomic E-state index is 5.41. The molecule has 8 aromatic carbocycles. The molecule has 0 unspecified atom stereocenters. The molecule has 1 aliphatic carbocycles. The van der Waals surface area contributed by atoms with Gasteiger partial charge in [0, 0.05) is 36.9 Å². The molecule has 0 fully saturated rings. The molecule has 262 valence electrons. The van der Waals surface area contributed by atoms with Crippen molar-refractivity contribution in [3.8, 4) is 56.4 Å². The quantitative estimate of drug-likeness (QED) is 0.171. The van der Waals surface area contributed by atoms with Crippen molar-refractivity contribution in [2.45, 2.75) is 5.41 Å². The Morgan fingerprint density at radius 3 is 1.59 bits per heavy atom. The highest BCUT2D eigenvalue weighted by Crippen LogP contribution is 2.58. The van der Waals surface area contributed by atoms with E-state index in [1.165, 1.54) is 53.6 Å². The van der Waals surface area contributed by atoms with E-state index in [1.807, 2.05) is 29.5 Å². The van der Waals surface area contributed by atoms with E-state index >= 15 is 0 Å². The van der Waals surface area contributed by atoms with E-state index in [0.717, 1.165) is 27.8 Å². The lowest BCUT2D eigenvalue weighted by Gasteiger charge is -2.34. The Morgan fingerprint density at radius 2 is 0.875 bits per heavy atom. The Kier molecular flexibility index (Phi) is 7.58. The SMILES string of the molecule is c1ccc(-c2nc(-c3ccc4sc5ccccc5c4c3)nc(-c3cc4c(cc3-c3ccccc3)-c3ccccc3C4(c3ccccc3)c3ccccc3)n2)cc1. The fourth-order valence-corrected chi connectivity index (χ4v) is 9.82. The number of rotatable bonds is 6. The molecule has 0 saturated carbocycles. The van der Waals surface area contributed by atoms with E-state index < -0.39 is 5.41 Å². The van der Waals surface area contributed by atoms with Crippen molar-refractivity contribution in [2.24, 2.45) is 0 Å². The number of benzene rings is 8. The summed E-state index contributed by atoms with van der Waals surface area (Å²) in [6.07, 6.45) is 0. The molecule has 1 aliphatic rings. The number of nitrogens with zero attached hydrogens (tertiary/aromatic N) is 3. The van der Waals surface area contributed by atoms with Gasteiger partial charge >= 0.3 is 0 Å². The van der Waals surface area contributed by atoms with Gasteiger partial charge in [0.25, 0.3) is 0 Å². The van der Waals surface area contributed by atoms with E-state index in [-0.39, 0.29) is 0 Å². The molecule has 4 heteroatoms. The third-order valence-electron chi connectivity index (χ3n) is 11.2. The normalized spacial score (nSPS) is 12.8. The van der Waals surface area contributed by atoms with Crippen LogP contribution in [0.2, 0.25) is 0 Å². The zero-order chi connectivity index (χ0) is 37.1. The van der Waals surface area contributed by atoms with Crippen LogP contribution >= 0.6 is 11.3 Å². The van der Waals surface area contributed by atoms with Gasteiger partial charge in [-0.3, -0.25) is 0 Å². The summed E-state index contributed by atoms with van der Waals surface area (Å²) in [6.45, 7) is 0. The molecule has 0 aliphatic heterocycles. The molecule has 10 aromatic rings. The first-order valence-corrected chi connectivity index (χ1v) is 19.8. The average Bonchev–Trinajstić information content (AvgIpc) is 3.80. The summed E-state index contributed by atoms with van der Waals surface area (Å²) < 4.78 is 2.52. The van der Waals surface area contributed by atoms with Gasteiger partial charge in [0.15, 0.2) is 17.5 Å². The zero-order valence-corrected chi connectivity index (χ0v) is 31.1. The van der Waals surface area contributed by atoms with Crippen molar-refractivity contribution in [1.29, 1.82) is 0 Å². The molecule has 2 aromatic heterocycles. The molecule has 2 heterocycles. The fraction of sp³-hybridized carbons (Fsp3) is 0.0192. The molecular formula is C52H33N3S. The highest BCUT2D eigenvalue weighted by molar-refractivity contribution is 7.25. The number of hydrogen-bond acceptors (Lipinski definition) is 4. The molecular weight excluding hydrogens is 699 g/mol. The van der Waals surface area contributed by atoms with Gasteiger partial charge in [-0.1, -0.05) is 164 Å². The van der Waals surface area contributed by atoms with Gasteiger partial charge < -0.3 is 0 Å². The van der Waals surface area contributed by atoms with Crippen molar-refractivity contribution in [3.63, 3.8) is 0 Å². The lowest BCUT2D eigenvalue weighted by molar-refractivity contribution is 0.768. The van der Waals surface area contributed by atoms with Gasteiger partial charge in [0.05, 0.1) is 5.41 Å². The van der Waals surface area contributed by atoms with Crippen molar-refractivity contribution < 1.29 is 0 Å². The predicted molar refractivity (Wildman–Crippen MR) is 232 cm³/mol. The minimum atomic E-state index is -0.568. The van der Waals surface area contributed by atoms with Crippen molar-refractivity contribution in [1.82, 2.24) is 15.0 Å². The van der Waals surface area contributed by atoms with Gasteiger partial charge in [-0.15, -0.1) is 11.3 Å². The van der Waals surface area contributed by atoms with Crippen LogP contribution in [0.3, 0.4) is 0 Å². The second kappa shape index (κ2) is 13.1. The Labute approximate surface area is 329 Å².